The average Bonchev–Trinajstić information content (AvgIpc) is 2.58. The first kappa shape index (κ1) is 10.5. The van der Waals surface area contributed by atoms with E-state index in [9.17, 15) is 14.4 Å². The van der Waals surface area contributed by atoms with E-state index >= 15 is 0 Å². The number of methoxy groups -OCH3 is 2. The molecule has 0 aliphatic carbocycles. The number of rotatable bonds is 2. The van der Waals surface area contributed by atoms with Gasteiger partial charge in [0.25, 0.3) is 0 Å². The molecule has 0 saturated carbocycles. The van der Waals surface area contributed by atoms with Crippen LogP contribution in [0.25, 0.3) is 0 Å². The van der Waals surface area contributed by atoms with Crippen molar-refractivity contribution in [3.63, 3.8) is 0 Å². The van der Waals surface area contributed by atoms with Gasteiger partial charge in [-0.05, 0) is 0 Å². The van der Waals surface area contributed by atoms with Crippen molar-refractivity contribution >= 4 is 17.8 Å². The number of hydrogen-bond acceptors (Lipinski definition) is 5. The van der Waals surface area contributed by atoms with Crippen molar-refractivity contribution in [2.45, 2.75) is 12.5 Å². The second-order valence-electron chi connectivity index (χ2n) is 2.90. The summed E-state index contributed by atoms with van der Waals surface area (Å²) in [6.07, 6.45) is -0.0353. The Kier molecular flexibility index (Phi) is 3.06. The molecule has 0 unspecified atom stereocenters. The highest BCUT2D eigenvalue weighted by molar-refractivity contribution is 5.95. The van der Waals surface area contributed by atoms with Gasteiger partial charge in [-0.2, -0.15) is 0 Å². The van der Waals surface area contributed by atoms with Crippen molar-refractivity contribution in [3.05, 3.63) is 0 Å². The Morgan fingerprint density at radius 2 is 1.86 bits per heavy atom. The molecular formula is C8H11NO5. The van der Waals surface area contributed by atoms with Crippen LogP contribution in [0.5, 0.6) is 0 Å². The van der Waals surface area contributed by atoms with Gasteiger partial charge in [0.2, 0.25) is 5.91 Å². The van der Waals surface area contributed by atoms with Gasteiger partial charge in [0.05, 0.1) is 20.1 Å². The molecule has 2 atom stereocenters. The highest BCUT2D eigenvalue weighted by Gasteiger charge is 2.43. The molecule has 78 valence electrons. The lowest BCUT2D eigenvalue weighted by Gasteiger charge is -2.13. The normalized spacial score (nSPS) is 25.4. The van der Waals surface area contributed by atoms with Crippen molar-refractivity contribution < 1.29 is 23.9 Å². The lowest BCUT2D eigenvalue weighted by atomic mass is 10.0. The average molecular weight is 201 g/mol. The van der Waals surface area contributed by atoms with Gasteiger partial charge < -0.3 is 14.8 Å². The molecule has 1 saturated heterocycles. The summed E-state index contributed by atoms with van der Waals surface area (Å²) in [6.45, 7) is 0. The molecule has 6 nitrogen and oxygen atoms in total. The van der Waals surface area contributed by atoms with Crippen LogP contribution < -0.4 is 5.32 Å². The van der Waals surface area contributed by atoms with E-state index < -0.39 is 23.9 Å². The Labute approximate surface area is 80.5 Å². The molecule has 1 rings (SSSR count). The third kappa shape index (κ3) is 1.84. The number of hydrogen-bond donors (Lipinski definition) is 1. The van der Waals surface area contributed by atoms with Crippen LogP contribution in [0.15, 0.2) is 0 Å². The van der Waals surface area contributed by atoms with Crippen molar-refractivity contribution in [2.24, 2.45) is 5.92 Å². The minimum absolute atomic E-state index is 0.0353. The quantitative estimate of drug-likeness (QED) is 0.570. The molecule has 14 heavy (non-hydrogen) atoms. The Morgan fingerprint density at radius 3 is 2.36 bits per heavy atom. The largest absolute Gasteiger partial charge is 0.469 e. The zero-order valence-electron chi connectivity index (χ0n) is 7.90. The lowest BCUT2D eigenvalue weighted by Crippen LogP contribution is -2.40. The van der Waals surface area contributed by atoms with E-state index in [1.807, 2.05) is 0 Å². The van der Waals surface area contributed by atoms with E-state index in [2.05, 4.69) is 14.8 Å². The molecule has 6 heteroatoms. The Hall–Kier alpha value is -1.59. The number of carbonyl (C=O) groups is 3. The van der Waals surface area contributed by atoms with Gasteiger partial charge in [-0.15, -0.1) is 0 Å². The highest BCUT2D eigenvalue weighted by Crippen LogP contribution is 2.18. The Morgan fingerprint density at radius 1 is 1.29 bits per heavy atom. The predicted molar refractivity (Wildman–Crippen MR) is 44.1 cm³/mol. The van der Waals surface area contributed by atoms with Gasteiger partial charge in [-0.3, -0.25) is 9.59 Å². The predicted octanol–water partition coefficient (Wildman–Crippen LogP) is -1.16. The van der Waals surface area contributed by atoms with Crippen LogP contribution in [0.4, 0.5) is 0 Å². The standard InChI is InChI=1S/C8H11NO5/c1-13-7(11)4-3-5(10)9-6(4)8(12)14-2/h4,6H,3H2,1-2H3,(H,9,10)/t4-,6-/m0/s1. The molecule has 0 spiro atoms. The zero-order valence-corrected chi connectivity index (χ0v) is 7.90. The van der Waals surface area contributed by atoms with Gasteiger partial charge in [0.15, 0.2) is 0 Å². The maximum absolute atomic E-state index is 11.2. The zero-order chi connectivity index (χ0) is 10.7. The van der Waals surface area contributed by atoms with Crippen LogP contribution in [-0.2, 0) is 23.9 Å². The first-order chi connectivity index (χ1) is 6.60. The minimum Gasteiger partial charge on any atom is -0.469 e. The maximum atomic E-state index is 11.2. The van der Waals surface area contributed by atoms with Gasteiger partial charge in [-0.25, -0.2) is 4.79 Å². The summed E-state index contributed by atoms with van der Waals surface area (Å²) in [5, 5.41) is 2.36. The van der Waals surface area contributed by atoms with E-state index in [4.69, 9.17) is 0 Å². The van der Waals surface area contributed by atoms with Gasteiger partial charge >= 0.3 is 11.9 Å². The summed E-state index contributed by atoms with van der Waals surface area (Å²) < 4.78 is 8.91. The van der Waals surface area contributed by atoms with E-state index in [-0.39, 0.29) is 12.3 Å². The molecular weight excluding hydrogens is 190 g/mol. The third-order valence-electron chi connectivity index (χ3n) is 2.08. The second-order valence-corrected chi connectivity index (χ2v) is 2.90. The minimum atomic E-state index is -0.917. The molecule has 1 amide bonds. The molecule has 1 fully saturated rings. The smallest absolute Gasteiger partial charge is 0.329 e. The number of ether oxygens (including phenoxy) is 2. The van der Waals surface area contributed by atoms with E-state index in [0.29, 0.717) is 0 Å². The highest BCUT2D eigenvalue weighted by atomic mass is 16.5. The SMILES string of the molecule is COC(=O)[C@H]1CC(=O)N[C@@H]1C(=O)OC. The van der Waals surface area contributed by atoms with E-state index in [1.54, 1.807) is 0 Å². The number of amides is 1. The molecule has 1 aliphatic rings. The van der Waals surface area contributed by atoms with Gasteiger partial charge in [0.1, 0.15) is 6.04 Å². The summed E-state index contributed by atoms with van der Waals surface area (Å²) in [7, 11) is 2.40. The Bertz CT molecular complexity index is 249. The maximum Gasteiger partial charge on any atom is 0.329 e. The van der Waals surface area contributed by atoms with Crippen molar-refractivity contribution in [3.8, 4) is 0 Å². The number of nitrogens with one attached hydrogen (secondary N) is 1. The lowest BCUT2D eigenvalue weighted by molar-refractivity contribution is -0.153. The van der Waals surface area contributed by atoms with Crippen LogP contribution in [0.3, 0.4) is 0 Å². The number of esters is 2. The fourth-order valence-electron chi connectivity index (χ4n) is 1.37. The van der Waals surface area contributed by atoms with Crippen molar-refractivity contribution in [1.82, 2.24) is 5.32 Å². The first-order valence-electron chi connectivity index (χ1n) is 4.05. The monoisotopic (exact) mass is 201 g/mol. The molecule has 0 aromatic rings. The summed E-state index contributed by atoms with van der Waals surface area (Å²) >= 11 is 0. The van der Waals surface area contributed by atoms with E-state index in [0.717, 1.165) is 0 Å². The topological polar surface area (TPSA) is 81.7 Å². The summed E-state index contributed by atoms with van der Waals surface area (Å²) in [4.78, 5) is 33.3. The molecule has 0 radical (unpaired) electrons. The number of carbonyl (C=O) groups excluding carboxylic acids is 3. The molecule has 1 N–H and O–H groups in total. The Balaban J connectivity index is 2.77. The molecule has 1 heterocycles. The third-order valence-corrected chi connectivity index (χ3v) is 2.08. The fraction of sp³-hybridized carbons (Fsp3) is 0.625. The molecule has 1 aliphatic heterocycles. The summed E-state index contributed by atoms with van der Waals surface area (Å²) in [5.74, 6) is -2.35. The van der Waals surface area contributed by atoms with Crippen LogP contribution in [0.1, 0.15) is 6.42 Å². The first-order valence-corrected chi connectivity index (χ1v) is 4.05. The van der Waals surface area contributed by atoms with E-state index in [1.165, 1.54) is 14.2 Å². The van der Waals surface area contributed by atoms with Crippen LogP contribution in [0, 0.1) is 5.92 Å². The fourth-order valence-corrected chi connectivity index (χ4v) is 1.37. The van der Waals surface area contributed by atoms with Crippen LogP contribution in [-0.4, -0.2) is 38.1 Å². The van der Waals surface area contributed by atoms with Crippen molar-refractivity contribution in [1.29, 1.82) is 0 Å². The summed E-state index contributed by atoms with van der Waals surface area (Å²) in [5.41, 5.74) is 0. The van der Waals surface area contributed by atoms with Gasteiger partial charge in [-0.1, -0.05) is 0 Å². The van der Waals surface area contributed by atoms with Crippen LogP contribution in [0.2, 0.25) is 0 Å². The molecule has 0 bridgehead atoms. The van der Waals surface area contributed by atoms with Crippen molar-refractivity contribution in [2.75, 3.05) is 14.2 Å². The second kappa shape index (κ2) is 4.08. The van der Waals surface area contributed by atoms with Crippen LogP contribution >= 0.6 is 0 Å². The molecule has 0 aromatic carbocycles. The molecule has 0 aromatic heterocycles. The summed E-state index contributed by atoms with van der Waals surface area (Å²) in [6, 6.07) is -0.917. The van der Waals surface area contributed by atoms with Gasteiger partial charge in [0, 0.05) is 6.42 Å².